The highest BCUT2D eigenvalue weighted by Crippen LogP contribution is 2.08. The third kappa shape index (κ3) is 2.68. The van der Waals surface area contributed by atoms with E-state index in [1.807, 2.05) is 12.1 Å². The number of nitriles is 1. The fraction of sp³-hybridized carbons (Fsp3) is 0.273. The summed E-state index contributed by atoms with van der Waals surface area (Å²) in [5.74, 6) is -0.148. The summed E-state index contributed by atoms with van der Waals surface area (Å²) in [4.78, 5) is 11.3. The van der Waals surface area contributed by atoms with Crippen molar-refractivity contribution in [1.82, 2.24) is 0 Å². The molecule has 1 aromatic rings. The first-order valence-electron chi connectivity index (χ1n) is 4.26. The lowest BCUT2D eigenvalue weighted by Crippen LogP contribution is -1.98. The van der Waals surface area contributed by atoms with Gasteiger partial charge in [-0.2, -0.15) is 5.26 Å². The van der Waals surface area contributed by atoms with Crippen molar-refractivity contribution in [2.75, 3.05) is 7.11 Å². The number of carbonyl (C=O) groups excluding carboxylic acids is 1. The Hall–Kier alpha value is -1.66. The van der Waals surface area contributed by atoms with Crippen LogP contribution in [-0.4, -0.2) is 12.9 Å². The van der Waals surface area contributed by atoms with Gasteiger partial charge in [0, 0.05) is 12.7 Å². The quantitative estimate of drug-likeness (QED) is 0.680. The molecule has 1 aromatic carbocycles. The minimum Gasteiger partial charge on any atom is -0.380 e. The summed E-state index contributed by atoms with van der Waals surface area (Å²) in [6.07, 6.45) is -0.0730. The summed E-state index contributed by atoms with van der Waals surface area (Å²) in [5, 5.41) is 8.38. The molecule has 0 radical (unpaired) electrons. The predicted octanol–water partition coefficient (Wildman–Crippen LogP) is 1.93. The summed E-state index contributed by atoms with van der Waals surface area (Å²) < 4.78 is 4.95. The standard InChI is InChI=1S/C11H11NO2/c1-14-8-9-3-2-4-10(7-9)11(13)5-6-12/h2-4,7H,5,8H2,1H3. The smallest absolute Gasteiger partial charge is 0.176 e. The fourth-order valence-corrected chi connectivity index (χ4v) is 1.18. The molecule has 0 spiro atoms. The first-order chi connectivity index (χ1) is 6.77. The zero-order valence-electron chi connectivity index (χ0n) is 7.99. The van der Waals surface area contributed by atoms with Gasteiger partial charge in [0.1, 0.15) is 0 Å². The monoisotopic (exact) mass is 189 g/mol. The van der Waals surface area contributed by atoms with Gasteiger partial charge in [-0.25, -0.2) is 0 Å². The Morgan fingerprint density at radius 1 is 1.57 bits per heavy atom. The molecule has 0 aliphatic carbocycles. The van der Waals surface area contributed by atoms with Crippen LogP contribution in [0.4, 0.5) is 0 Å². The lowest BCUT2D eigenvalue weighted by atomic mass is 10.1. The molecule has 0 saturated heterocycles. The van der Waals surface area contributed by atoms with Gasteiger partial charge in [-0.05, 0) is 11.6 Å². The maximum atomic E-state index is 11.3. The van der Waals surface area contributed by atoms with Crippen molar-refractivity contribution in [2.24, 2.45) is 0 Å². The van der Waals surface area contributed by atoms with E-state index in [4.69, 9.17) is 10.00 Å². The average molecular weight is 189 g/mol. The first-order valence-corrected chi connectivity index (χ1v) is 4.26. The number of ether oxygens (including phenoxy) is 1. The van der Waals surface area contributed by atoms with Crippen LogP contribution in [0.1, 0.15) is 22.3 Å². The summed E-state index contributed by atoms with van der Waals surface area (Å²) >= 11 is 0. The van der Waals surface area contributed by atoms with Gasteiger partial charge in [0.15, 0.2) is 5.78 Å². The van der Waals surface area contributed by atoms with Gasteiger partial charge in [0.2, 0.25) is 0 Å². The summed E-state index contributed by atoms with van der Waals surface area (Å²) in [6, 6.07) is 8.97. The van der Waals surface area contributed by atoms with Gasteiger partial charge >= 0.3 is 0 Å². The van der Waals surface area contributed by atoms with Gasteiger partial charge < -0.3 is 4.74 Å². The number of nitrogens with zero attached hydrogens (tertiary/aromatic N) is 1. The van der Waals surface area contributed by atoms with Crippen molar-refractivity contribution in [2.45, 2.75) is 13.0 Å². The Morgan fingerprint density at radius 3 is 3.00 bits per heavy atom. The predicted molar refractivity (Wildman–Crippen MR) is 51.7 cm³/mol. The molecule has 0 N–H and O–H groups in total. The van der Waals surface area contributed by atoms with Gasteiger partial charge in [0.05, 0.1) is 19.1 Å². The van der Waals surface area contributed by atoms with Crippen LogP contribution in [0.25, 0.3) is 0 Å². The Balaban J connectivity index is 2.83. The molecule has 72 valence electrons. The average Bonchev–Trinajstić information content (AvgIpc) is 2.19. The van der Waals surface area contributed by atoms with E-state index >= 15 is 0 Å². The van der Waals surface area contributed by atoms with Crippen LogP contribution in [0.2, 0.25) is 0 Å². The molecule has 0 unspecified atom stereocenters. The van der Waals surface area contributed by atoms with Crippen molar-refractivity contribution < 1.29 is 9.53 Å². The molecule has 0 amide bonds. The summed E-state index contributed by atoms with van der Waals surface area (Å²) in [6.45, 7) is 0.480. The van der Waals surface area contributed by atoms with Gasteiger partial charge in [-0.15, -0.1) is 0 Å². The Bertz CT molecular complexity index is 366. The number of hydrogen-bond donors (Lipinski definition) is 0. The highest BCUT2D eigenvalue weighted by Gasteiger charge is 2.04. The number of Topliss-reactive ketones (excluding diaryl/α,β-unsaturated/α-hetero) is 1. The highest BCUT2D eigenvalue weighted by molar-refractivity contribution is 5.97. The molecule has 1 rings (SSSR count). The van der Waals surface area contributed by atoms with E-state index in [1.54, 1.807) is 25.3 Å². The van der Waals surface area contributed by atoms with Crippen LogP contribution in [0.15, 0.2) is 24.3 Å². The Labute approximate surface area is 82.9 Å². The van der Waals surface area contributed by atoms with E-state index in [1.165, 1.54) is 0 Å². The van der Waals surface area contributed by atoms with Crippen molar-refractivity contribution in [1.29, 1.82) is 5.26 Å². The SMILES string of the molecule is COCc1cccc(C(=O)CC#N)c1. The van der Waals surface area contributed by atoms with E-state index < -0.39 is 0 Å². The van der Waals surface area contributed by atoms with Crippen LogP contribution in [-0.2, 0) is 11.3 Å². The molecule has 3 nitrogen and oxygen atoms in total. The molecule has 3 heteroatoms. The van der Waals surface area contributed by atoms with Crippen LogP contribution in [0.5, 0.6) is 0 Å². The molecule has 0 saturated carbocycles. The number of carbonyl (C=O) groups is 1. The number of benzene rings is 1. The molecular formula is C11H11NO2. The Morgan fingerprint density at radius 2 is 2.36 bits per heavy atom. The highest BCUT2D eigenvalue weighted by atomic mass is 16.5. The van der Waals surface area contributed by atoms with E-state index in [9.17, 15) is 4.79 Å². The molecule has 0 aliphatic rings. The van der Waals surface area contributed by atoms with Crippen LogP contribution in [0, 0.1) is 11.3 Å². The van der Waals surface area contributed by atoms with E-state index in [0.717, 1.165) is 5.56 Å². The molecule has 14 heavy (non-hydrogen) atoms. The number of rotatable bonds is 4. The van der Waals surface area contributed by atoms with E-state index in [2.05, 4.69) is 0 Å². The van der Waals surface area contributed by atoms with E-state index in [0.29, 0.717) is 12.2 Å². The van der Waals surface area contributed by atoms with Crippen LogP contribution < -0.4 is 0 Å². The first kappa shape index (κ1) is 10.4. The molecular weight excluding hydrogens is 178 g/mol. The largest absolute Gasteiger partial charge is 0.380 e. The number of ketones is 1. The molecule has 0 aliphatic heterocycles. The second kappa shape index (κ2) is 5.15. The van der Waals surface area contributed by atoms with Crippen molar-refractivity contribution in [3.63, 3.8) is 0 Å². The molecule has 0 heterocycles. The topological polar surface area (TPSA) is 50.1 Å². The zero-order chi connectivity index (χ0) is 10.4. The van der Waals surface area contributed by atoms with Crippen LogP contribution in [0.3, 0.4) is 0 Å². The van der Waals surface area contributed by atoms with Crippen molar-refractivity contribution >= 4 is 5.78 Å². The summed E-state index contributed by atoms with van der Waals surface area (Å²) in [5.41, 5.74) is 1.51. The zero-order valence-corrected chi connectivity index (χ0v) is 7.99. The normalized spacial score (nSPS) is 9.43. The van der Waals surface area contributed by atoms with Gasteiger partial charge in [0.25, 0.3) is 0 Å². The molecule has 0 bridgehead atoms. The van der Waals surface area contributed by atoms with Crippen LogP contribution >= 0.6 is 0 Å². The molecule has 0 aromatic heterocycles. The second-order valence-electron chi connectivity index (χ2n) is 2.89. The fourth-order valence-electron chi connectivity index (χ4n) is 1.18. The summed E-state index contributed by atoms with van der Waals surface area (Å²) in [7, 11) is 1.60. The molecule has 0 fully saturated rings. The van der Waals surface area contributed by atoms with Crippen molar-refractivity contribution in [3.05, 3.63) is 35.4 Å². The minimum atomic E-state index is -0.148. The number of methoxy groups -OCH3 is 1. The maximum Gasteiger partial charge on any atom is 0.176 e. The van der Waals surface area contributed by atoms with E-state index in [-0.39, 0.29) is 12.2 Å². The van der Waals surface area contributed by atoms with Crippen molar-refractivity contribution in [3.8, 4) is 6.07 Å². The number of hydrogen-bond acceptors (Lipinski definition) is 3. The Kier molecular flexibility index (Phi) is 3.84. The van der Waals surface area contributed by atoms with Gasteiger partial charge in [-0.1, -0.05) is 18.2 Å². The lowest BCUT2D eigenvalue weighted by Gasteiger charge is -2.01. The third-order valence-corrected chi connectivity index (χ3v) is 1.80. The maximum absolute atomic E-state index is 11.3. The minimum absolute atomic E-state index is 0.0730. The third-order valence-electron chi connectivity index (χ3n) is 1.80. The van der Waals surface area contributed by atoms with Gasteiger partial charge in [-0.3, -0.25) is 4.79 Å². The second-order valence-corrected chi connectivity index (χ2v) is 2.89. The molecule has 0 atom stereocenters. The lowest BCUT2D eigenvalue weighted by molar-refractivity contribution is 0.0997.